The van der Waals surface area contributed by atoms with Crippen LogP contribution in [0.3, 0.4) is 0 Å². The maximum Gasteiger partial charge on any atom is 0.303 e. The Morgan fingerprint density at radius 2 is 1.72 bits per heavy atom. The van der Waals surface area contributed by atoms with E-state index in [4.69, 9.17) is 5.11 Å². The Balaban J connectivity index is 3.46. The van der Waals surface area contributed by atoms with Gasteiger partial charge in [-0.2, -0.15) is 0 Å². The number of amides is 1. The molecule has 0 aliphatic carbocycles. The van der Waals surface area contributed by atoms with Crippen molar-refractivity contribution in [1.82, 2.24) is 10.6 Å². The number of carboxylic acid groups (broad SMARTS) is 1. The van der Waals surface area contributed by atoms with E-state index in [1.807, 2.05) is 20.8 Å². The average molecular weight is 258 g/mol. The Bertz CT molecular complexity index is 255. The van der Waals surface area contributed by atoms with Crippen LogP contribution in [0.15, 0.2) is 0 Å². The van der Waals surface area contributed by atoms with Crippen molar-refractivity contribution in [2.75, 3.05) is 13.1 Å². The van der Waals surface area contributed by atoms with Crippen LogP contribution in [0.2, 0.25) is 0 Å². The Kier molecular flexibility index (Phi) is 9.28. The molecule has 0 aliphatic rings. The van der Waals surface area contributed by atoms with Crippen molar-refractivity contribution in [3.8, 4) is 0 Å². The molecule has 0 rings (SSSR count). The summed E-state index contributed by atoms with van der Waals surface area (Å²) in [6, 6.07) is 0.397. The summed E-state index contributed by atoms with van der Waals surface area (Å²) in [4.78, 5) is 21.8. The van der Waals surface area contributed by atoms with E-state index >= 15 is 0 Å². The molecule has 0 aromatic rings. The van der Waals surface area contributed by atoms with Gasteiger partial charge in [-0.15, -0.1) is 0 Å². The zero-order valence-electron chi connectivity index (χ0n) is 11.7. The van der Waals surface area contributed by atoms with Gasteiger partial charge in [-0.3, -0.25) is 9.59 Å². The predicted molar refractivity (Wildman–Crippen MR) is 71.4 cm³/mol. The van der Waals surface area contributed by atoms with Crippen molar-refractivity contribution in [1.29, 1.82) is 0 Å². The molecule has 0 radical (unpaired) electrons. The third-order valence-corrected chi connectivity index (χ3v) is 2.71. The van der Waals surface area contributed by atoms with E-state index in [2.05, 4.69) is 10.6 Å². The molecule has 1 amide bonds. The molecule has 3 N–H and O–H groups in total. The van der Waals surface area contributed by atoms with Gasteiger partial charge in [-0.05, 0) is 18.8 Å². The number of carbonyl (C=O) groups is 2. The third kappa shape index (κ3) is 11.4. The predicted octanol–water partition coefficient (Wildman–Crippen LogP) is 1.38. The smallest absolute Gasteiger partial charge is 0.303 e. The highest BCUT2D eigenvalue weighted by atomic mass is 16.4. The molecule has 0 aromatic heterocycles. The van der Waals surface area contributed by atoms with Gasteiger partial charge in [-0.25, -0.2) is 0 Å². The largest absolute Gasteiger partial charge is 0.481 e. The maximum absolute atomic E-state index is 11.4. The molecular formula is C13H26N2O3. The molecule has 0 aliphatic heterocycles. The maximum atomic E-state index is 11.4. The lowest BCUT2D eigenvalue weighted by molar-refractivity contribution is -0.137. The molecule has 1 unspecified atom stereocenters. The Labute approximate surface area is 109 Å². The van der Waals surface area contributed by atoms with E-state index < -0.39 is 5.97 Å². The Hall–Kier alpha value is -1.10. The quantitative estimate of drug-likeness (QED) is 0.553. The number of nitrogens with one attached hydrogen (secondary N) is 2. The summed E-state index contributed by atoms with van der Waals surface area (Å²) in [5.41, 5.74) is 0. The second-order valence-electron chi connectivity index (χ2n) is 5.04. The van der Waals surface area contributed by atoms with Crippen molar-refractivity contribution in [2.24, 2.45) is 5.92 Å². The normalized spacial score (nSPS) is 12.4. The molecule has 0 spiro atoms. The molecule has 5 nitrogen and oxygen atoms in total. The van der Waals surface area contributed by atoms with Crippen molar-refractivity contribution in [3.05, 3.63) is 0 Å². The first-order chi connectivity index (χ1) is 8.41. The third-order valence-electron chi connectivity index (χ3n) is 2.71. The Morgan fingerprint density at radius 3 is 2.28 bits per heavy atom. The van der Waals surface area contributed by atoms with Gasteiger partial charge in [0.15, 0.2) is 0 Å². The highest BCUT2D eigenvalue weighted by Crippen LogP contribution is 2.08. The highest BCUT2D eigenvalue weighted by Gasteiger charge is 2.06. The van der Waals surface area contributed by atoms with E-state index in [1.54, 1.807) is 0 Å². The number of hydrogen-bond acceptors (Lipinski definition) is 3. The van der Waals surface area contributed by atoms with Gasteiger partial charge in [0.2, 0.25) is 5.91 Å². The summed E-state index contributed by atoms with van der Waals surface area (Å²) < 4.78 is 0. The van der Waals surface area contributed by atoms with Crippen LogP contribution in [0, 0.1) is 5.92 Å². The van der Waals surface area contributed by atoms with Gasteiger partial charge in [0.1, 0.15) is 0 Å². The summed E-state index contributed by atoms with van der Waals surface area (Å²) >= 11 is 0. The topological polar surface area (TPSA) is 78.4 Å². The minimum atomic E-state index is -0.759. The molecule has 0 saturated carbocycles. The summed E-state index contributed by atoms with van der Waals surface area (Å²) in [7, 11) is 0. The van der Waals surface area contributed by atoms with Gasteiger partial charge in [0.05, 0.1) is 0 Å². The summed E-state index contributed by atoms with van der Waals surface area (Å²) in [6.07, 6.45) is 2.19. The minimum absolute atomic E-state index is 0.0496. The van der Waals surface area contributed by atoms with Crippen LogP contribution in [0.4, 0.5) is 0 Å². The lowest BCUT2D eigenvalue weighted by Gasteiger charge is -2.11. The first kappa shape index (κ1) is 16.9. The van der Waals surface area contributed by atoms with E-state index in [-0.39, 0.29) is 12.3 Å². The molecule has 0 heterocycles. The number of hydrogen-bond donors (Lipinski definition) is 3. The molecule has 5 heteroatoms. The zero-order chi connectivity index (χ0) is 14.0. The lowest BCUT2D eigenvalue weighted by Crippen LogP contribution is -2.31. The summed E-state index contributed by atoms with van der Waals surface area (Å²) in [5.74, 6) is -0.380. The SMILES string of the molecule is CC(CCNC(=O)CCNC(C)C)CCC(=O)O. The molecular weight excluding hydrogens is 232 g/mol. The molecule has 0 saturated heterocycles. The average Bonchev–Trinajstić information content (AvgIpc) is 2.25. The number of carboxylic acids is 1. The van der Waals surface area contributed by atoms with E-state index in [0.29, 0.717) is 37.9 Å². The van der Waals surface area contributed by atoms with E-state index in [1.165, 1.54) is 0 Å². The van der Waals surface area contributed by atoms with Crippen molar-refractivity contribution >= 4 is 11.9 Å². The molecule has 0 fully saturated rings. The summed E-state index contributed by atoms with van der Waals surface area (Å²) in [6.45, 7) is 7.42. The number of aliphatic carboxylic acids is 1. The Morgan fingerprint density at radius 1 is 1.06 bits per heavy atom. The van der Waals surface area contributed by atoms with Crippen LogP contribution in [-0.4, -0.2) is 36.1 Å². The monoisotopic (exact) mass is 258 g/mol. The number of carbonyl (C=O) groups excluding carboxylic acids is 1. The second kappa shape index (κ2) is 9.88. The van der Waals surface area contributed by atoms with Gasteiger partial charge in [0.25, 0.3) is 0 Å². The van der Waals surface area contributed by atoms with Crippen LogP contribution in [0.1, 0.15) is 46.5 Å². The van der Waals surface area contributed by atoms with Gasteiger partial charge >= 0.3 is 5.97 Å². The molecule has 0 aromatic carbocycles. The van der Waals surface area contributed by atoms with Crippen molar-refractivity contribution in [3.63, 3.8) is 0 Å². The van der Waals surface area contributed by atoms with Crippen LogP contribution in [0.5, 0.6) is 0 Å². The zero-order valence-corrected chi connectivity index (χ0v) is 11.7. The van der Waals surface area contributed by atoms with Crippen LogP contribution < -0.4 is 10.6 Å². The lowest BCUT2D eigenvalue weighted by atomic mass is 10.0. The second-order valence-corrected chi connectivity index (χ2v) is 5.04. The minimum Gasteiger partial charge on any atom is -0.481 e. The fourth-order valence-corrected chi connectivity index (χ4v) is 1.53. The first-order valence-electron chi connectivity index (χ1n) is 6.63. The molecule has 106 valence electrons. The van der Waals surface area contributed by atoms with Crippen LogP contribution >= 0.6 is 0 Å². The van der Waals surface area contributed by atoms with Crippen molar-refractivity contribution in [2.45, 2.75) is 52.5 Å². The highest BCUT2D eigenvalue weighted by molar-refractivity contribution is 5.76. The van der Waals surface area contributed by atoms with Crippen molar-refractivity contribution < 1.29 is 14.7 Å². The van der Waals surface area contributed by atoms with Gasteiger partial charge in [0, 0.05) is 32.0 Å². The van der Waals surface area contributed by atoms with Crippen LogP contribution in [-0.2, 0) is 9.59 Å². The molecule has 1 atom stereocenters. The van der Waals surface area contributed by atoms with Gasteiger partial charge < -0.3 is 15.7 Å². The van der Waals surface area contributed by atoms with E-state index in [9.17, 15) is 9.59 Å². The molecule has 0 bridgehead atoms. The first-order valence-corrected chi connectivity index (χ1v) is 6.63. The number of rotatable bonds is 10. The standard InChI is InChI=1S/C13H26N2O3/c1-10(2)14-9-7-12(16)15-8-6-11(3)4-5-13(17)18/h10-11,14H,4-9H2,1-3H3,(H,15,16)(H,17,18). The van der Waals surface area contributed by atoms with Gasteiger partial charge in [-0.1, -0.05) is 20.8 Å². The van der Waals surface area contributed by atoms with Crippen LogP contribution in [0.25, 0.3) is 0 Å². The fraction of sp³-hybridized carbons (Fsp3) is 0.846. The molecule has 18 heavy (non-hydrogen) atoms. The van der Waals surface area contributed by atoms with E-state index in [0.717, 1.165) is 6.42 Å². The fourth-order valence-electron chi connectivity index (χ4n) is 1.53. The summed E-state index contributed by atoms with van der Waals surface area (Å²) in [5, 5.41) is 14.6.